The summed E-state index contributed by atoms with van der Waals surface area (Å²) in [5, 5.41) is 0.701. The number of halogens is 3. The number of nitrogens with zero attached hydrogens (tertiary/aromatic N) is 2. The summed E-state index contributed by atoms with van der Waals surface area (Å²) >= 11 is 1.47. The van der Waals surface area contributed by atoms with E-state index in [1.807, 2.05) is 31.2 Å². The zero-order valence-electron chi connectivity index (χ0n) is 17.1. The summed E-state index contributed by atoms with van der Waals surface area (Å²) in [6.07, 6.45) is -4.34. The molecule has 0 amide bonds. The lowest BCUT2D eigenvalue weighted by Gasteiger charge is -2.26. The minimum atomic E-state index is -4.34. The average Bonchev–Trinajstić information content (AvgIpc) is 3.16. The van der Waals surface area contributed by atoms with E-state index in [1.54, 1.807) is 0 Å². The van der Waals surface area contributed by atoms with Gasteiger partial charge in [0.1, 0.15) is 17.4 Å². The second-order valence-corrected chi connectivity index (χ2v) is 8.53. The van der Waals surface area contributed by atoms with Gasteiger partial charge in [0.25, 0.3) is 0 Å². The SMILES string of the molecule is Cc1sc(-c2ccc(C(F)(F)F)cc2)nc1-c1ccc(OCCN2CCOCC2)cc1. The van der Waals surface area contributed by atoms with E-state index in [2.05, 4.69) is 9.88 Å². The monoisotopic (exact) mass is 448 g/mol. The van der Waals surface area contributed by atoms with Crippen LogP contribution in [0.3, 0.4) is 0 Å². The summed E-state index contributed by atoms with van der Waals surface area (Å²) in [5.74, 6) is 0.799. The maximum atomic E-state index is 12.8. The first-order chi connectivity index (χ1) is 14.9. The quantitative estimate of drug-likeness (QED) is 0.498. The van der Waals surface area contributed by atoms with Gasteiger partial charge in [0.05, 0.1) is 24.5 Å². The van der Waals surface area contributed by atoms with Gasteiger partial charge in [0.2, 0.25) is 0 Å². The van der Waals surface area contributed by atoms with Crippen LogP contribution in [0.5, 0.6) is 5.75 Å². The molecule has 0 spiro atoms. The van der Waals surface area contributed by atoms with Gasteiger partial charge in [-0.25, -0.2) is 4.98 Å². The lowest BCUT2D eigenvalue weighted by atomic mass is 10.1. The van der Waals surface area contributed by atoms with Crippen molar-refractivity contribution in [2.45, 2.75) is 13.1 Å². The highest BCUT2D eigenvalue weighted by Crippen LogP contribution is 2.35. The fourth-order valence-corrected chi connectivity index (χ4v) is 4.36. The van der Waals surface area contributed by atoms with Crippen molar-refractivity contribution in [2.24, 2.45) is 0 Å². The number of aryl methyl sites for hydroxylation is 1. The molecule has 2 heterocycles. The topological polar surface area (TPSA) is 34.6 Å². The Bertz CT molecular complexity index is 995. The molecule has 4 nitrogen and oxygen atoms in total. The molecule has 0 bridgehead atoms. The Kier molecular flexibility index (Phi) is 6.60. The fourth-order valence-electron chi connectivity index (χ4n) is 3.42. The Balaban J connectivity index is 1.41. The number of rotatable bonds is 6. The first-order valence-corrected chi connectivity index (χ1v) is 10.9. The number of thiazole rings is 1. The second kappa shape index (κ2) is 9.38. The van der Waals surface area contributed by atoms with E-state index in [9.17, 15) is 13.2 Å². The highest BCUT2D eigenvalue weighted by atomic mass is 32.1. The summed E-state index contributed by atoms with van der Waals surface area (Å²) < 4.78 is 49.6. The smallest absolute Gasteiger partial charge is 0.416 e. The molecule has 0 N–H and O–H groups in total. The predicted molar refractivity (Wildman–Crippen MR) is 115 cm³/mol. The van der Waals surface area contributed by atoms with Crippen LogP contribution in [0.1, 0.15) is 10.4 Å². The van der Waals surface area contributed by atoms with Gasteiger partial charge >= 0.3 is 6.18 Å². The Morgan fingerprint density at radius 1 is 1.00 bits per heavy atom. The van der Waals surface area contributed by atoms with Crippen molar-refractivity contribution in [3.63, 3.8) is 0 Å². The minimum absolute atomic E-state index is 0.618. The molecule has 4 rings (SSSR count). The minimum Gasteiger partial charge on any atom is -0.492 e. The van der Waals surface area contributed by atoms with Crippen LogP contribution in [0.4, 0.5) is 13.2 Å². The maximum Gasteiger partial charge on any atom is 0.416 e. The molecule has 0 unspecified atom stereocenters. The van der Waals surface area contributed by atoms with E-state index >= 15 is 0 Å². The lowest BCUT2D eigenvalue weighted by Crippen LogP contribution is -2.38. The second-order valence-electron chi connectivity index (χ2n) is 7.33. The average molecular weight is 449 g/mol. The molecular weight excluding hydrogens is 425 g/mol. The summed E-state index contributed by atoms with van der Waals surface area (Å²) in [6.45, 7) is 6.87. The molecule has 1 saturated heterocycles. The molecule has 8 heteroatoms. The van der Waals surface area contributed by atoms with Gasteiger partial charge in [-0.05, 0) is 43.3 Å². The van der Waals surface area contributed by atoms with Gasteiger partial charge in [-0.2, -0.15) is 13.2 Å². The first-order valence-electron chi connectivity index (χ1n) is 10.1. The summed E-state index contributed by atoms with van der Waals surface area (Å²) in [5.41, 5.74) is 1.80. The standard InChI is InChI=1S/C23H23F3N2O2S/c1-16-21(27-22(31-16)18-2-6-19(7-3-18)23(24,25)26)17-4-8-20(9-5-17)30-15-12-28-10-13-29-14-11-28/h2-9H,10-15H2,1H3. The zero-order chi connectivity index (χ0) is 21.8. The largest absolute Gasteiger partial charge is 0.492 e. The first kappa shape index (κ1) is 21.8. The molecule has 1 fully saturated rings. The third kappa shape index (κ3) is 5.44. The number of alkyl halides is 3. The van der Waals surface area contributed by atoms with E-state index in [4.69, 9.17) is 9.47 Å². The van der Waals surface area contributed by atoms with Crippen molar-refractivity contribution in [3.8, 4) is 27.6 Å². The molecule has 1 aromatic heterocycles. The summed E-state index contributed by atoms with van der Waals surface area (Å²) in [7, 11) is 0. The van der Waals surface area contributed by atoms with E-state index in [0.29, 0.717) is 17.2 Å². The number of morpholine rings is 1. The highest BCUT2D eigenvalue weighted by molar-refractivity contribution is 7.15. The van der Waals surface area contributed by atoms with Crippen LogP contribution in [0.25, 0.3) is 21.8 Å². The van der Waals surface area contributed by atoms with Crippen LogP contribution in [0.2, 0.25) is 0 Å². The molecule has 2 aromatic carbocycles. The van der Waals surface area contributed by atoms with Crippen LogP contribution in [-0.2, 0) is 10.9 Å². The third-order valence-corrected chi connectivity index (χ3v) is 6.18. The van der Waals surface area contributed by atoms with Crippen molar-refractivity contribution >= 4 is 11.3 Å². The van der Waals surface area contributed by atoms with E-state index in [0.717, 1.165) is 66.9 Å². The molecule has 0 saturated carbocycles. The molecule has 3 aromatic rings. The van der Waals surface area contributed by atoms with E-state index < -0.39 is 11.7 Å². The zero-order valence-corrected chi connectivity index (χ0v) is 17.9. The molecule has 164 valence electrons. The summed E-state index contributed by atoms with van der Waals surface area (Å²) in [4.78, 5) is 8.00. The molecule has 0 atom stereocenters. The number of ether oxygens (including phenoxy) is 2. The highest BCUT2D eigenvalue weighted by Gasteiger charge is 2.30. The number of hydrogen-bond acceptors (Lipinski definition) is 5. The molecule has 0 aliphatic carbocycles. The molecular formula is C23H23F3N2O2S. The third-order valence-electron chi connectivity index (χ3n) is 5.16. The van der Waals surface area contributed by atoms with Gasteiger partial charge in [-0.3, -0.25) is 4.90 Å². The van der Waals surface area contributed by atoms with Gasteiger partial charge < -0.3 is 9.47 Å². The number of benzene rings is 2. The number of hydrogen-bond donors (Lipinski definition) is 0. The molecule has 1 aliphatic heterocycles. The van der Waals surface area contributed by atoms with Crippen molar-refractivity contribution in [1.29, 1.82) is 0 Å². The van der Waals surface area contributed by atoms with Crippen molar-refractivity contribution < 1.29 is 22.6 Å². The van der Waals surface area contributed by atoms with Crippen molar-refractivity contribution in [2.75, 3.05) is 39.5 Å². The van der Waals surface area contributed by atoms with Crippen LogP contribution in [-0.4, -0.2) is 49.3 Å². The van der Waals surface area contributed by atoms with Crippen LogP contribution in [0.15, 0.2) is 48.5 Å². The van der Waals surface area contributed by atoms with Crippen molar-refractivity contribution in [1.82, 2.24) is 9.88 Å². The van der Waals surface area contributed by atoms with Gasteiger partial charge in [0, 0.05) is 35.6 Å². The van der Waals surface area contributed by atoms with Gasteiger partial charge in [0.15, 0.2) is 0 Å². The van der Waals surface area contributed by atoms with Crippen LogP contribution in [0, 0.1) is 6.92 Å². The molecule has 31 heavy (non-hydrogen) atoms. The lowest BCUT2D eigenvalue weighted by molar-refractivity contribution is -0.137. The Morgan fingerprint density at radius 3 is 2.29 bits per heavy atom. The van der Waals surface area contributed by atoms with Gasteiger partial charge in [-0.1, -0.05) is 12.1 Å². The van der Waals surface area contributed by atoms with E-state index in [1.165, 1.54) is 23.5 Å². The van der Waals surface area contributed by atoms with Crippen molar-refractivity contribution in [3.05, 3.63) is 59.0 Å². The summed E-state index contributed by atoms with van der Waals surface area (Å²) in [6, 6.07) is 12.9. The Hall–Kier alpha value is -2.42. The van der Waals surface area contributed by atoms with Crippen LogP contribution < -0.4 is 4.74 Å². The number of aromatic nitrogens is 1. The Morgan fingerprint density at radius 2 is 1.65 bits per heavy atom. The predicted octanol–water partition coefficient (Wildman–Crippen LogP) is 5.52. The molecule has 0 radical (unpaired) electrons. The molecule has 1 aliphatic rings. The van der Waals surface area contributed by atoms with Crippen LogP contribution >= 0.6 is 11.3 Å². The van der Waals surface area contributed by atoms with E-state index in [-0.39, 0.29) is 0 Å². The Labute approximate surface area is 183 Å². The van der Waals surface area contributed by atoms with Gasteiger partial charge in [-0.15, -0.1) is 11.3 Å². The fraction of sp³-hybridized carbons (Fsp3) is 0.348. The maximum absolute atomic E-state index is 12.8. The normalized spacial score (nSPS) is 15.2.